The minimum absolute atomic E-state index is 0.130. The summed E-state index contributed by atoms with van der Waals surface area (Å²) in [5.74, 6) is -1.25. The monoisotopic (exact) mass is 394 g/mol. The average molecular weight is 394 g/mol. The van der Waals surface area contributed by atoms with Crippen molar-refractivity contribution < 1.29 is 22.7 Å². The van der Waals surface area contributed by atoms with E-state index < -0.39 is 28.0 Å². The lowest BCUT2D eigenvalue weighted by atomic mass is 10.3. The number of esters is 1. The average Bonchev–Trinajstić information content (AvgIpc) is 2.98. The Morgan fingerprint density at radius 2 is 2.00 bits per heavy atom. The molecule has 0 saturated carbocycles. The van der Waals surface area contributed by atoms with Crippen LogP contribution in [0.25, 0.3) is 6.08 Å². The van der Waals surface area contributed by atoms with Gasteiger partial charge < -0.3 is 10.1 Å². The Bertz CT molecular complexity index is 948. The molecule has 138 valence electrons. The number of ether oxygens (including phenoxy) is 1. The fourth-order valence-corrected chi connectivity index (χ4v) is 3.29. The van der Waals surface area contributed by atoms with Crippen LogP contribution in [0.5, 0.6) is 0 Å². The van der Waals surface area contributed by atoms with Crippen LogP contribution in [0.2, 0.25) is 0 Å². The third-order valence-electron chi connectivity index (χ3n) is 3.24. The summed E-state index contributed by atoms with van der Waals surface area (Å²) in [6.45, 7) is 3.37. The van der Waals surface area contributed by atoms with Crippen LogP contribution in [-0.4, -0.2) is 26.4 Å². The first-order valence-corrected chi connectivity index (χ1v) is 9.90. The van der Waals surface area contributed by atoms with Crippen LogP contribution in [0.3, 0.4) is 0 Å². The third-order valence-corrected chi connectivity index (χ3v) is 5.11. The number of rotatable bonds is 6. The van der Waals surface area contributed by atoms with Crippen LogP contribution < -0.4 is 10.5 Å². The van der Waals surface area contributed by atoms with E-state index in [0.29, 0.717) is 0 Å². The SMILES string of the molecule is Cc1ccc(/C=C/C(=O)O[C@H](C)C(=O)Nc2cccc(S(N)(=O)=O)c2)s1. The molecule has 1 amide bonds. The molecule has 1 aromatic heterocycles. The summed E-state index contributed by atoms with van der Waals surface area (Å²) in [7, 11) is -3.88. The molecule has 0 fully saturated rings. The molecule has 0 saturated heterocycles. The lowest BCUT2D eigenvalue weighted by Gasteiger charge is -2.12. The molecule has 0 bridgehead atoms. The molecule has 0 aliphatic rings. The number of carbonyl (C=O) groups is 2. The number of amides is 1. The molecular formula is C17H18N2O5S2. The maximum Gasteiger partial charge on any atom is 0.331 e. The zero-order valence-electron chi connectivity index (χ0n) is 14.1. The Kier molecular flexibility index (Phi) is 6.30. The molecule has 2 rings (SSSR count). The van der Waals surface area contributed by atoms with Crippen molar-refractivity contribution in [2.75, 3.05) is 5.32 Å². The van der Waals surface area contributed by atoms with Crippen molar-refractivity contribution in [3.8, 4) is 0 Å². The molecule has 0 spiro atoms. The van der Waals surface area contributed by atoms with E-state index in [1.807, 2.05) is 19.1 Å². The van der Waals surface area contributed by atoms with Gasteiger partial charge >= 0.3 is 5.97 Å². The third kappa shape index (κ3) is 5.80. The number of sulfonamides is 1. The molecule has 1 aromatic carbocycles. The highest BCUT2D eigenvalue weighted by Crippen LogP contribution is 2.17. The van der Waals surface area contributed by atoms with Crippen molar-refractivity contribution in [3.05, 3.63) is 52.2 Å². The number of thiophene rings is 1. The van der Waals surface area contributed by atoms with Crippen molar-refractivity contribution in [3.63, 3.8) is 0 Å². The second-order valence-electron chi connectivity index (χ2n) is 5.42. The Morgan fingerprint density at radius 1 is 1.27 bits per heavy atom. The summed E-state index contributed by atoms with van der Waals surface area (Å²) < 4.78 is 27.7. The van der Waals surface area contributed by atoms with E-state index in [1.54, 1.807) is 6.08 Å². The van der Waals surface area contributed by atoms with Gasteiger partial charge in [-0.3, -0.25) is 4.79 Å². The summed E-state index contributed by atoms with van der Waals surface area (Å²) >= 11 is 1.53. The minimum Gasteiger partial charge on any atom is -0.449 e. The van der Waals surface area contributed by atoms with E-state index in [1.165, 1.54) is 48.6 Å². The van der Waals surface area contributed by atoms with Crippen LogP contribution in [0, 0.1) is 6.92 Å². The number of aryl methyl sites for hydroxylation is 1. The first-order valence-electron chi connectivity index (χ1n) is 7.54. The van der Waals surface area contributed by atoms with Crippen molar-refractivity contribution in [2.24, 2.45) is 5.14 Å². The van der Waals surface area contributed by atoms with Crippen LogP contribution in [-0.2, 0) is 24.3 Å². The van der Waals surface area contributed by atoms with Gasteiger partial charge in [-0.1, -0.05) is 6.07 Å². The lowest BCUT2D eigenvalue weighted by molar-refractivity contribution is -0.148. The Labute approximate surface area is 155 Å². The summed E-state index contributed by atoms with van der Waals surface area (Å²) in [4.78, 5) is 25.8. The molecule has 0 radical (unpaired) electrons. The van der Waals surface area contributed by atoms with Crippen molar-refractivity contribution in [2.45, 2.75) is 24.8 Å². The molecule has 0 aliphatic heterocycles. The van der Waals surface area contributed by atoms with Crippen LogP contribution >= 0.6 is 11.3 Å². The van der Waals surface area contributed by atoms with E-state index in [2.05, 4.69) is 5.32 Å². The fourth-order valence-electron chi connectivity index (χ4n) is 1.95. The van der Waals surface area contributed by atoms with Crippen LogP contribution in [0.4, 0.5) is 5.69 Å². The summed E-state index contributed by atoms with van der Waals surface area (Å²) in [6, 6.07) is 9.28. The molecule has 9 heteroatoms. The predicted octanol–water partition coefficient (Wildman–Crippen LogP) is 2.29. The Morgan fingerprint density at radius 3 is 2.62 bits per heavy atom. The second-order valence-corrected chi connectivity index (χ2v) is 8.30. The summed E-state index contributed by atoms with van der Waals surface area (Å²) in [6.07, 6.45) is 1.80. The summed E-state index contributed by atoms with van der Waals surface area (Å²) in [5.41, 5.74) is 0.231. The molecule has 2 aromatic rings. The van der Waals surface area contributed by atoms with E-state index in [-0.39, 0.29) is 10.6 Å². The predicted molar refractivity (Wildman–Crippen MR) is 100 cm³/mol. The number of hydrogen-bond donors (Lipinski definition) is 2. The minimum atomic E-state index is -3.88. The van der Waals surface area contributed by atoms with Crippen molar-refractivity contribution in [1.82, 2.24) is 0 Å². The van der Waals surface area contributed by atoms with Gasteiger partial charge in [0.25, 0.3) is 5.91 Å². The number of primary sulfonamides is 1. The molecular weight excluding hydrogens is 376 g/mol. The van der Waals surface area contributed by atoms with Crippen LogP contribution in [0.15, 0.2) is 47.4 Å². The molecule has 0 aliphatic carbocycles. The number of carbonyl (C=O) groups excluding carboxylic acids is 2. The highest BCUT2D eigenvalue weighted by Gasteiger charge is 2.17. The highest BCUT2D eigenvalue weighted by atomic mass is 32.2. The molecule has 26 heavy (non-hydrogen) atoms. The van der Waals surface area contributed by atoms with E-state index in [4.69, 9.17) is 9.88 Å². The van der Waals surface area contributed by atoms with Crippen LogP contribution in [0.1, 0.15) is 16.7 Å². The largest absolute Gasteiger partial charge is 0.449 e. The highest BCUT2D eigenvalue weighted by molar-refractivity contribution is 7.89. The van der Waals surface area contributed by atoms with Gasteiger partial charge in [0, 0.05) is 21.5 Å². The van der Waals surface area contributed by atoms with Gasteiger partial charge in [-0.05, 0) is 50.3 Å². The van der Waals surface area contributed by atoms with Gasteiger partial charge in [0.1, 0.15) is 0 Å². The van der Waals surface area contributed by atoms with Gasteiger partial charge in [0.2, 0.25) is 10.0 Å². The molecule has 3 N–H and O–H groups in total. The van der Waals surface area contributed by atoms with E-state index in [0.717, 1.165) is 9.75 Å². The number of hydrogen-bond acceptors (Lipinski definition) is 6. The first-order chi connectivity index (χ1) is 12.1. The Balaban J connectivity index is 1.95. The fraction of sp³-hybridized carbons (Fsp3) is 0.176. The number of nitrogens with one attached hydrogen (secondary N) is 1. The summed E-state index contributed by atoms with van der Waals surface area (Å²) in [5, 5.41) is 7.53. The van der Waals surface area contributed by atoms with Gasteiger partial charge in [0.15, 0.2) is 6.10 Å². The Hall–Kier alpha value is -2.49. The number of nitrogens with two attached hydrogens (primary N) is 1. The standard InChI is InChI=1S/C17H18N2O5S2/c1-11-6-7-14(25-11)8-9-16(20)24-12(2)17(21)19-13-4-3-5-15(10-13)26(18,22)23/h3-10,12H,1-2H3,(H,19,21)(H2,18,22,23)/b9-8+/t12-/m1/s1. The molecule has 7 nitrogen and oxygen atoms in total. The molecule has 0 unspecified atom stereocenters. The van der Waals surface area contributed by atoms with Crippen molar-refractivity contribution in [1.29, 1.82) is 0 Å². The van der Waals surface area contributed by atoms with Gasteiger partial charge in [-0.15, -0.1) is 11.3 Å². The zero-order valence-corrected chi connectivity index (χ0v) is 15.8. The van der Waals surface area contributed by atoms with Crippen molar-refractivity contribution >= 4 is 45.0 Å². The molecule has 1 heterocycles. The lowest BCUT2D eigenvalue weighted by Crippen LogP contribution is -2.29. The number of anilines is 1. The maximum atomic E-state index is 12.1. The normalized spacial score (nSPS) is 12.7. The first kappa shape index (κ1) is 19.8. The van der Waals surface area contributed by atoms with Gasteiger partial charge in [0.05, 0.1) is 4.90 Å². The van der Waals surface area contributed by atoms with E-state index in [9.17, 15) is 18.0 Å². The van der Waals surface area contributed by atoms with E-state index >= 15 is 0 Å². The van der Waals surface area contributed by atoms with Gasteiger partial charge in [-0.25, -0.2) is 18.4 Å². The quantitative estimate of drug-likeness (QED) is 0.576. The number of benzene rings is 1. The van der Waals surface area contributed by atoms with Gasteiger partial charge in [-0.2, -0.15) is 0 Å². The topological polar surface area (TPSA) is 116 Å². The molecule has 1 atom stereocenters. The smallest absolute Gasteiger partial charge is 0.331 e. The zero-order chi connectivity index (χ0) is 19.3. The maximum absolute atomic E-state index is 12.1. The second kappa shape index (κ2) is 8.26.